The van der Waals surface area contributed by atoms with Gasteiger partial charge in [0.05, 0.1) is 6.54 Å². The Morgan fingerprint density at radius 1 is 1.33 bits per heavy atom. The summed E-state index contributed by atoms with van der Waals surface area (Å²) in [6.45, 7) is 4.11. The molecule has 3 fully saturated rings. The van der Waals surface area contributed by atoms with Crippen LogP contribution in [0.1, 0.15) is 50.2 Å². The van der Waals surface area contributed by atoms with Crippen molar-refractivity contribution >= 4 is 11.9 Å². The molecule has 1 aromatic heterocycles. The van der Waals surface area contributed by atoms with Crippen LogP contribution < -0.4 is 5.32 Å². The van der Waals surface area contributed by atoms with Crippen LogP contribution >= 0.6 is 0 Å². The summed E-state index contributed by atoms with van der Waals surface area (Å²) < 4.78 is 5.36. The van der Waals surface area contributed by atoms with E-state index in [4.69, 9.17) is 4.52 Å². The Bertz CT molecular complexity index is 670. The van der Waals surface area contributed by atoms with Crippen LogP contribution in [0.5, 0.6) is 0 Å². The lowest BCUT2D eigenvalue weighted by atomic mass is 9.80. The third-order valence-corrected chi connectivity index (χ3v) is 5.53. The van der Waals surface area contributed by atoms with E-state index in [2.05, 4.69) is 20.4 Å². The first-order valence-corrected chi connectivity index (χ1v) is 8.62. The summed E-state index contributed by atoms with van der Waals surface area (Å²) in [6.07, 6.45) is 4.21. The predicted octanol–water partition coefficient (Wildman–Crippen LogP) is 1.10. The lowest BCUT2D eigenvalue weighted by Crippen LogP contribution is -2.55. The summed E-state index contributed by atoms with van der Waals surface area (Å²) >= 11 is 0. The van der Waals surface area contributed by atoms with Gasteiger partial charge in [-0.2, -0.15) is 4.98 Å². The van der Waals surface area contributed by atoms with Crippen LogP contribution in [-0.2, 0) is 11.3 Å². The lowest BCUT2D eigenvalue weighted by molar-refractivity contribution is -0.132. The summed E-state index contributed by atoms with van der Waals surface area (Å²) in [6, 6.07) is -0.314. The van der Waals surface area contributed by atoms with Gasteiger partial charge in [-0.3, -0.25) is 14.6 Å². The molecule has 1 aromatic rings. The van der Waals surface area contributed by atoms with Gasteiger partial charge in [0.2, 0.25) is 5.89 Å². The van der Waals surface area contributed by atoms with Gasteiger partial charge in [0.15, 0.2) is 5.82 Å². The van der Waals surface area contributed by atoms with E-state index in [9.17, 15) is 9.59 Å². The van der Waals surface area contributed by atoms with E-state index in [1.165, 1.54) is 11.9 Å². The highest BCUT2D eigenvalue weighted by molar-refractivity contribution is 6.06. The molecule has 0 spiro atoms. The van der Waals surface area contributed by atoms with Crippen LogP contribution in [0.25, 0.3) is 0 Å². The van der Waals surface area contributed by atoms with Crippen molar-refractivity contribution in [2.24, 2.45) is 5.92 Å². The van der Waals surface area contributed by atoms with Crippen molar-refractivity contribution in [1.82, 2.24) is 25.3 Å². The molecule has 8 heteroatoms. The highest BCUT2D eigenvalue weighted by atomic mass is 16.5. The third kappa shape index (κ3) is 2.58. The van der Waals surface area contributed by atoms with E-state index in [0.29, 0.717) is 18.4 Å². The monoisotopic (exact) mass is 333 g/mol. The summed E-state index contributed by atoms with van der Waals surface area (Å²) in [5.41, 5.74) is -0.821. The Kier molecular flexibility index (Phi) is 3.59. The minimum atomic E-state index is -0.821. The number of likely N-dealkylation sites (tertiary alicyclic amines) is 1. The minimum absolute atomic E-state index is 0.0819. The van der Waals surface area contributed by atoms with Crippen LogP contribution in [-0.4, -0.2) is 57.6 Å². The Hall–Kier alpha value is -1.96. The molecule has 0 radical (unpaired) electrons. The maximum absolute atomic E-state index is 12.5. The first-order valence-electron chi connectivity index (χ1n) is 8.62. The maximum atomic E-state index is 12.5. The molecular weight excluding hydrogens is 310 g/mol. The number of nitrogens with one attached hydrogen (secondary N) is 1. The molecule has 3 heterocycles. The van der Waals surface area contributed by atoms with Crippen molar-refractivity contribution in [3.05, 3.63) is 11.7 Å². The number of carbonyl (C=O) groups excluding carboxylic acids is 2. The van der Waals surface area contributed by atoms with Gasteiger partial charge < -0.3 is 9.84 Å². The van der Waals surface area contributed by atoms with Gasteiger partial charge >= 0.3 is 6.03 Å². The number of urea groups is 1. The molecular formula is C16H23N5O3. The molecule has 0 unspecified atom stereocenters. The molecule has 8 nitrogen and oxygen atoms in total. The first-order chi connectivity index (χ1) is 11.5. The SMILES string of the molecule is CN1C(=O)N[C@](C)([C@H]2CCCN(Cc3nc(C4CC4)no3)C2)C1=O. The number of piperidine rings is 1. The fourth-order valence-corrected chi connectivity index (χ4v) is 3.78. The number of aromatic nitrogens is 2. The van der Waals surface area contributed by atoms with Gasteiger partial charge in [-0.1, -0.05) is 5.16 Å². The Morgan fingerprint density at radius 3 is 2.79 bits per heavy atom. The zero-order chi connectivity index (χ0) is 16.9. The van der Waals surface area contributed by atoms with Crippen molar-refractivity contribution in [1.29, 1.82) is 0 Å². The van der Waals surface area contributed by atoms with Crippen molar-refractivity contribution in [3.63, 3.8) is 0 Å². The Labute approximate surface area is 140 Å². The summed E-state index contributed by atoms with van der Waals surface area (Å²) in [5.74, 6) is 1.89. The standard InChI is InChI=1S/C16H23N5O3/c1-16(14(22)20(2)15(23)18-16)11-4-3-7-21(8-11)9-12-17-13(19-24-12)10-5-6-10/h10-11H,3-9H2,1-2H3,(H,18,23)/t11-,16+/m0/s1. The molecule has 4 rings (SSSR count). The van der Waals surface area contributed by atoms with Gasteiger partial charge in [0.1, 0.15) is 5.54 Å². The van der Waals surface area contributed by atoms with Crippen LogP contribution in [0.4, 0.5) is 4.79 Å². The number of amides is 3. The predicted molar refractivity (Wildman–Crippen MR) is 84.0 cm³/mol. The van der Waals surface area contributed by atoms with Crippen molar-refractivity contribution in [2.75, 3.05) is 20.1 Å². The fourth-order valence-electron chi connectivity index (χ4n) is 3.78. The molecule has 1 aliphatic carbocycles. The second kappa shape index (κ2) is 5.54. The van der Waals surface area contributed by atoms with Crippen molar-refractivity contribution in [2.45, 2.75) is 50.6 Å². The molecule has 130 valence electrons. The highest BCUT2D eigenvalue weighted by Crippen LogP contribution is 2.38. The van der Waals surface area contributed by atoms with E-state index in [0.717, 1.165) is 44.6 Å². The zero-order valence-corrected chi connectivity index (χ0v) is 14.1. The molecule has 24 heavy (non-hydrogen) atoms. The maximum Gasteiger partial charge on any atom is 0.324 e. The molecule has 2 aliphatic heterocycles. The van der Waals surface area contributed by atoms with E-state index in [1.807, 2.05) is 6.92 Å². The first kappa shape index (κ1) is 15.6. The number of hydrogen-bond acceptors (Lipinski definition) is 6. The number of hydrogen-bond donors (Lipinski definition) is 1. The number of carbonyl (C=O) groups is 2. The number of imide groups is 1. The van der Waals surface area contributed by atoms with Gasteiger partial charge in [-0.05, 0) is 39.2 Å². The summed E-state index contributed by atoms with van der Waals surface area (Å²) in [4.78, 5) is 32.2. The van der Waals surface area contributed by atoms with Crippen LogP contribution in [0.2, 0.25) is 0 Å². The van der Waals surface area contributed by atoms with Crippen molar-refractivity contribution < 1.29 is 14.1 Å². The molecule has 3 aliphatic rings. The summed E-state index contributed by atoms with van der Waals surface area (Å²) in [5, 5.41) is 6.93. The average molecular weight is 333 g/mol. The van der Waals surface area contributed by atoms with Gasteiger partial charge in [0.25, 0.3) is 5.91 Å². The lowest BCUT2D eigenvalue weighted by Gasteiger charge is -2.39. The Morgan fingerprint density at radius 2 is 2.12 bits per heavy atom. The van der Waals surface area contributed by atoms with E-state index >= 15 is 0 Å². The fraction of sp³-hybridized carbons (Fsp3) is 0.750. The Balaban J connectivity index is 1.43. The molecule has 0 bridgehead atoms. The van der Waals surface area contributed by atoms with E-state index < -0.39 is 5.54 Å². The second-order valence-corrected chi connectivity index (χ2v) is 7.39. The topological polar surface area (TPSA) is 91.6 Å². The molecule has 2 atom stereocenters. The molecule has 0 aromatic carbocycles. The zero-order valence-electron chi connectivity index (χ0n) is 14.1. The largest absolute Gasteiger partial charge is 0.338 e. The summed E-state index contributed by atoms with van der Waals surface area (Å²) in [7, 11) is 1.53. The smallest absolute Gasteiger partial charge is 0.324 e. The second-order valence-electron chi connectivity index (χ2n) is 7.39. The molecule has 1 saturated carbocycles. The van der Waals surface area contributed by atoms with Crippen molar-refractivity contribution in [3.8, 4) is 0 Å². The number of likely N-dealkylation sites (N-methyl/N-ethyl adjacent to an activating group) is 1. The third-order valence-electron chi connectivity index (χ3n) is 5.53. The van der Waals surface area contributed by atoms with Gasteiger partial charge in [-0.25, -0.2) is 4.79 Å². The average Bonchev–Trinajstić information content (AvgIpc) is 3.29. The normalized spacial score (nSPS) is 31.6. The van der Waals surface area contributed by atoms with Crippen LogP contribution in [0, 0.1) is 5.92 Å². The van der Waals surface area contributed by atoms with Gasteiger partial charge in [-0.15, -0.1) is 0 Å². The number of rotatable bonds is 4. The van der Waals surface area contributed by atoms with Gasteiger partial charge in [0, 0.05) is 25.4 Å². The minimum Gasteiger partial charge on any atom is -0.338 e. The van der Waals surface area contributed by atoms with E-state index in [-0.39, 0.29) is 17.9 Å². The molecule has 1 N–H and O–H groups in total. The molecule has 2 saturated heterocycles. The van der Waals surface area contributed by atoms with E-state index in [1.54, 1.807) is 0 Å². The van der Waals surface area contributed by atoms with Crippen LogP contribution in [0.15, 0.2) is 4.52 Å². The van der Waals surface area contributed by atoms with Crippen LogP contribution in [0.3, 0.4) is 0 Å². The highest BCUT2D eigenvalue weighted by Gasteiger charge is 2.51. The molecule has 3 amide bonds. The number of nitrogens with zero attached hydrogens (tertiary/aromatic N) is 4. The quantitative estimate of drug-likeness (QED) is 0.830.